The van der Waals surface area contributed by atoms with Gasteiger partial charge in [0.2, 0.25) is 0 Å². The van der Waals surface area contributed by atoms with E-state index in [1.165, 1.54) is 0 Å². The average Bonchev–Trinajstić information content (AvgIpc) is 3.29. The van der Waals surface area contributed by atoms with Crippen LogP contribution in [0.1, 0.15) is 52.8 Å². The van der Waals surface area contributed by atoms with E-state index in [-0.39, 0.29) is 0 Å². The number of hydrogen-bond acceptors (Lipinski definition) is 12. The molecule has 0 spiro atoms. The fraction of sp³-hybridized carbons (Fsp3) is 0.192. The van der Waals surface area contributed by atoms with Crippen molar-refractivity contribution in [1.82, 2.24) is 0 Å². The van der Waals surface area contributed by atoms with Gasteiger partial charge in [-0.2, -0.15) is 0 Å². The monoisotopic (exact) mass is 988 g/mol. The molecule has 1 unspecified atom stereocenters. The Morgan fingerprint density at radius 2 is 0.397 bits per heavy atom. The number of aryl methyl sites for hydroxylation is 7. The number of hydrogen-bond donors (Lipinski definition) is 0. The summed E-state index contributed by atoms with van der Waals surface area (Å²) in [5, 5.41) is 0. The van der Waals surface area contributed by atoms with E-state index in [0.29, 0.717) is 40.2 Å². The van der Waals surface area contributed by atoms with Crippen molar-refractivity contribution < 1.29 is 36.2 Å². The van der Waals surface area contributed by atoms with Crippen LogP contribution in [0, 0.1) is 48.5 Å². The fourth-order valence-corrected chi connectivity index (χ4v) is 18.7. The molecule has 12 nitrogen and oxygen atoms in total. The second-order valence-electron chi connectivity index (χ2n) is 16.8. The van der Waals surface area contributed by atoms with E-state index in [2.05, 4.69) is 0 Å². The molecule has 0 saturated carbocycles. The minimum atomic E-state index is -4.38. The second kappa shape index (κ2) is 20.7. The highest BCUT2D eigenvalue weighted by atomic mass is 31.3. The highest BCUT2D eigenvalue weighted by molar-refractivity contribution is 7.79. The molecule has 0 radical (unpaired) electrons. The van der Waals surface area contributed by atoms with Gasteiger partial charge in [-0.05, 0) is 147 Å². The van der Waals surface area contributed by atoms with Crippen molar-refractivity contribution in [3.63, 3.8) is 0 Å². The van der Waals surface area contributed by atoms with Crippen molar-refractivity contribution in [2.45, 2.75) is 68.4 Å². The highest BCUT2D eigenvalue weighted by Crippen LogP contribution is 2.79. The Hall–Kier alpha value is -5.98. The predicted molar refractivity (Wildman–Crippen MR) is 276 cm³/mol. The van der Waals surface area contributed by atoms with E-state index in [1.807, 2.05) is 232 Å². The summed E-state index contributed by atoms with van der Waals surface area (Å²) in [5.74, 6) is 2.71. The Bertz CT molecular complexity index is 2830. The molecular formula is C52H56N4O8P4. The van der Waals surface area contributed by atoms with Gasteiger partial charge in [0.15, 0.2) is 0 Å². The Balaban J connectivity index is 1.58. The highest BCUT2D eigenvalue weighted by Gasteiger charge is 2.49. The molecule has 7 aromatic carbocycles. The zero-order chi connectivity index (χ0) is 47.9. The van der Waals surface area contributed by atoms with Gasteiger partial charge in [0.05, 0.1) is 6.10 Å². The van der Waals surface area contributed by atoms with Crippen molar-refractivity contribution in [3.8, 4) is 40.2 Å². The third kappa shape index (κ3) is 12.8. The van der Waals surface area contributed by atoms with Crippen LogP contribution >= 0.6 is 30.6 Å². The molecule has 0 N–H and O–H groups in total. The maximum Gasteiger partial charge on any atom is 0.460 e. The predicted octanol–water partition coefficient (Wildman–Crippen LogP) is 17.9. The molecule has 0 saturated heterocycles. The van der Waals surface area contributed by atoms with Gasteiger partial charge < -0.3 is 31.7 Å². The summed E-state index contributed by atoms with van der Waals surface area (Å²) in [5.41, 5.74) is 7.08. The van der Waals surface area contributed by atoms with Crippen molar-refractivity contribution in [2.24, 2.45) is 18.1 Å². The number of benzene rings is 7. The molecule has 0 aliphatic carbocycles. The SMILES string of the molecule is Cc1ccc(OP2(Oc3ccc(C)cc3)=NP(Oc3ccc(C)cc3)(Oc3ccc(C)cc3)=NP(Oc3ccc(C)cc3)(OC(C)C)=NP(Oc3ccc(C)cc3)(Oc3ccc(C)cc3)=N2)cc1. The van der Waals surface area contributed by atoms with Gasteiger partial charge in [-0.25, -0.2) is 0 Å². The lowest BCUT2D eigenvalue weighted by Crippen LogP contribution is -2.12. The third-order valence-electron chi connectivity index (χ3n) is 9.97. The van der Waals surface area contributed by atoms with Crippen molar-refractivity contribution in [2.75, 3.05) is 0 Å². The molecule has 1 atom stereocenters. The molecule has 8 rings (SSSR count). The first-order valence-electron chi connectivity index (χ1n) is 22.1. The van der Waals surface area contributed by atoms with Crippen molar-refractivity contribution in [3.05, 3.63) is 209 Å². The minimum Gasteiger partial charge on any atom is -0.422 e. The standard InChI is InChI=1S/C52H56N4O8P4/c1-38(2)57-65(58-46-24-10-39(3)11-25-46)53-66(59-47-26-12-40(4)13-27-47,60-48-28-14-41(5)15-29-48)55-68(63-51-34-20-44(8)21-35-51,64-52-36-22-45(9)23-37-52)56-67(54-65,61-49-30-16-42(6)17-31-49)62-50-32-18-43(7)19-33-50/h10-38H,1-9H3. The van der Waals surface area contributed by atoms with Crippen LogP contribution in [0.3, 0.4) is 0 Å². The van der Waals surface area contributed by atoms with Gasteiger partial charge in [0.1, 0.15) is 40.2 Å². The van der Waals surface area contributed by atoms with Crippen LogP contribution in [0.5, 0.6) is 40.2 Å². The zero-order valence-electron chi connectivity index (χ0n) is 39.6. The summed E-state index contributed by atoms with van der Waals surface area (Å²) in [6.45, 7) is 17.7. The van der Waals surface area contributed by atoms with Gasteiger partial charge in [-0.3, -0.25) is 4.52 Å². The van der Waals surface area contributed by atoms with Gasteiger partial charge in [0.25, 0.3) is 0 Å². The molecule has 0 aromatic heterocycles. The number of nitrogens with zero attached hydrogens (tertiary/aromatic N) is 4. The summed E-state index contributed by atoms with van der Waals surface area (Å²) in [7, 11) is -17.3. The van der Waals surface area contributed by atoms with Gasteiger partial charge >= 0.3 is 30.6 Å². The summed E-state index contributed by atoms with van der Waals surface area (Å²) < 4.78 is 79.5. The Labute approximate surface area is 400 Å². The van der Waals surface area contributed by atoms with Crippen LogP contribution in [0.2, 0.25) is 0 Å². The first-order chi connectivity index (χ1) is 32.5. The first kappa shape index (κ1) is 48.5. The largest absolute Gasteiger partial charge is 0.460 e. The Morgan fingerprint density at radius 1 is 0.250 bits per heavy atom. The first-order valence-corrected chi connectivity index (χ1v) is 28.3. The lowest BCUT2D eigenvalue weighted by Gasteiger charge is -2.33. The number of rotatable bonds is 16. The topological polar surface area (TPSA) is 123 Å². The summed E-state index contributed by atoms with van der Waals surface area (Å²) in [4.78, 5) is 0. The molecule has 352 valence electrons. The van der Waals surface area contributed by atoms with Crippen LogP contribution in [0.25, 0.3) is 0 Å². The third-order valence-corrected chi connectivity index (χ3v) is 21.0. The lowest BCUT2D eigenvalue weighted by molar-refractivity contribution is 0.236. The molecule has 16 heteroatoms. The van der Waals surface area contributed by atoms with Gasteiger partial charge in [-0.15, -0.1) is 9.03 Å². The van der Waals surface area contributed by atoms with Gasteiger partial charge in [0, 0.05) is 0 Å². The van der Waals surface area contributed by atoms with Crippen LogP contribution in [-0.4, -0.2) is 6.10 Å². The van der Waals surface area contributed by atoms with E-state index in [4.69, 9.17) is 54.3 Å². The molecule has 0 amide bonds. The maximum absolute atomic E-state index is 7.19. The van der Waals surface area contributed by atoms with E-state index in [0.717, 1.165) is 38.9 Å². The molecule has 1 aliphatic rings. The van der Waals surface area contributed by atoms with E-state index >= 15 is 0 Å². The normalized spacial score (nSPS) is 16.8. The molecule has 0 fully saturated rings. The minimum absolute atomic E-state index is 0.382. The van der Waals surface area contributed by atoms with Gasteiger partial charge in [-0.1, -0.05) is 133 Å². The molecular weight excluding hydrogens is 932 g/mol. The van der Waals surface area contributed by atoms with Crippen LogP contribution < -0.4 is 31.7 Å². The molecule has 68 heavy (non-hydrogen) atoms. The summed E-state index contributed by atoms with van der Waals surface area (Å²) in [6.07, 6.45) is -0.547. The summed E-state index contributed by atoms with van der Waals surface area (Å²) in [6, 6.07) is 52.7. The zero-order valence-corrected chi connectivity index (χ0v) is 43.2. The van der Waals surface area contributed by atoms with Crippen molar-refractivity contribution >= 4 is 30.6 Å². The average molecular weight is 989 g/mol. The quantitative estimate of drug-likeness (QED) is 0.0877. The lowest BCUT2D eigenvalue weighted by atomic mass is 10.2. The van der Waals surface area contributed by atoms with E-state index in [9.17, 15) is 0 Å². The molecule has 1 heterocycles. The van der Waals surface area contributed by atoms with Crippen LogP contribution in [0.4, 0.5) is 0 Å². The second-order valence-corrected chi connectivity index (χ2v) is 25.1. The molecule has 0 bridgehead atoms. The van der Waals surface area contributed by atoms with Crippen LogP contribution in [0.15, 0.2) is 188 Å². The smallest absolute Gasteiger partial charge is 0.422 e. The van der Waals surface area contributed by atoms with Crippen LogP contribution in [-0.2, 0) is 4.52 Å². The Kier molecular flexibility index (Phi) is 14.8. The molecule has 1 aliphatic heterocycles. The molecule has 7 aromatic rings. The van der Waals surface area contributed by atoms with E-state index in [1.54, 1.807) is 0 Å². The summed E-state index contributed by atoms with van der Waals surface area (Å²) >= 11 is 0. The fourth-order valence-electron chi connectivity index (χ4n) is 6.45. The Morgan fingerprint density at radius 3 is 0.574 bits per heavy atom. The van der Waals surface area contributed by atoms with E-state index < -0.39 is 36.7 Å². The maximum atomic E-state index is 7.19. The van der Waals surface area contributed by atoms with Crippen molar-refractivity contribution in [1.29, 1.82) is 0 Å².